The number of hydrogen-bond acceptors (Lipinski definition) is 6. The molecule has 3 heterocycles. The molecule has 7 heteroatoms. The van der Waals surface area contributed by atoms with Gasteiger partial charge < -0.3 is 19.5 Å². The molecule has 1 aliphatic heterocycles. The third-order valence-electron chi connectivity index (χ3n) is 8.49. The molecule has 1 aliphatic carbocycles. The third-order valence-corrected chi connectivity index (χ3v) is 8.49. The van der Waals surface area contributed by atoms with Crippen molar-refractivity contribution in [3.63, 3.8) is 0 Å². The highest BCUT2D eigenvalue weighted by Gasteiger charge is 2.35. The number of nitrogens with zero attached hydrogens (tertiary/aromatic N) is 3. The van der Waals surface area contributed by atoms with Gasteiger partial charge in [-0.1, -0.05) is 25.3 Å². The highest BCUT2D eigenvalue weighted by molar-refractivity contribution is 6.04. The van der Waals surface area contributed by atoms with Gasteiger partial charge in [-0.15, -0.1) is 0 Å². The van der Waals surface area contributed by atoms with Crippen LogP contribution >= 0.6 is 0 Å². The quantitative estimate of drug-likeness (QED) is 0.463. The molecule has 7 nitrogen and oxygen atoms in total. The van der Waals surface area contributed by atoms with Gasteiger partial charge in [0.2, 0.25) is 0 Å². The highest BCUT2D eigenvalue weighted by Crippen LogP contribution is 2.44. The SMILES string of the molecule is Cc1ccc(N(C(=O)c2ccco2)C2CCN(CCC3(CCC(CO)CO)CCCCC3)CC2)nc1. The van der Waals surface area contributed by atoms with Gasteiger partial charge in [-0.05, 0) is 87.6 Å². The van der Waals surface area contributed by atoms with E-state index in [9.17, 15) is 15.0 Å². The molecular formula is C29H43N3O4. The largest absolute Gasteiger partial charge is 0.459 e. The van der Waals surface area contributed by atoms with Crippen molar-refractivity contribution in [2.45, 2.75) is 77.2 Å². The van der Waals surface area contributed by atoms with Crippen LogP contribution in [0.15, 0.2) is 41.1 Å². The second kappa shape index (κ2) is 12.8. The number of aryl methyl sites for hydroxylation is 1. The van der Waals surface area contributed by atoms with Crippen LogP contribution in [0.5, 0.6) is 0 Å². The normalized spacial score (nSPS) is 19.0. The number of rotatable bonds is 11. The number of furan rings is 1. The van der Waals surface area contributed by atoms with Crippen LogP contribution in [0.2, 0.25) is 0 Å². The Hall–Kier alpha value is -2.22. The van der Waals surface area contributed by atoms with Gasteiger partial charge >= 0.3 is 0 Å². The predicted molar refractivity (Wildman–Crippen MR) is 141 cm³/mol. The summed E-state index contributed by atoms with van der Waals surface area (Å²) in [5.74, 6) is 0.915. The van der Waals surface area contributed by atoms with Crippen LogP contribution in [-0.4, -0.2) is 64.9 Å². The zero-order valence-electron chi connectivity index (χ0n) is 21.8. The van der Waals surface area contributed by atoms with Crippen molar-refractivity contribution in [3.05, 3.63) is 48.0 Å². The number of likely N-dealkylation sites (tertiary alicyclic amines) is 1. The maximum absolute atomic E-state index is 13.4. The van der Waals surface area contributed by atoms with Gasteiger partial charge in [0.05, 0.1) is 6.26 Å². The topological polar surface area (TPSA) is 90.0 Å². The summed E-state index contributed by atoms with van der Waals surface area (Å²) < 4.78 is 5.45. The van der Waals surface area contributed by atoms with E-state index in [1.807, 2.05) is 30.2 Å². The van der Waals surface area contributed by atoms with Gasteiger partial charge in [-0.25, -0.2) is 4.98 Å². The first-order valence-corrected chi connectivity index (χ1v) is 13.8. The molecule has 1 saturated heterocycles. The lowest BCUT2D eigenvalue weighted by Crippen LogP contribution is -2.48. The van der Waals surface area contributed by atoms with E-state index in [0.717, 1.165) is 50.9 Å². The maximum Gasteiger partial charge on any atom is 0.295 e. The minimum Gasteiger partial charge on any atom is -0.459 e. The standard InChI is InChI=1S/C29H43N3O4/c1-23-7-8-27(30-20-23)32(28(35)26-6-5-19-36-26)25-10-16-31(17-11-25)18-15-29(12-3-2-4-13-29)14-9-24(21-33)22-34/h5-8,19-20,24-25,33-34H,2-4,9-18,21-22H2,1H3. The molecule has 36 heavy (non-hydrogen) atoms. The van der Waals surface area contributed by atoms with E-state index in [2.05, 4.69) is 9.88 Å². The molecule has 0 spiro atoms. The molecule has 2 aromatic heterocycles. The molecule has 0 unspecified atom stereocenters. The second-order valence-electron chi connectivity index (χ2n) is 11.0. The average molecular weight is 498 g/mol. The van der Waals surface area contributed by atoms with Crippen molar-refractivity contribution >= 4 is 11.7 Å². The van der Waals surface area contributed by atoms with Crippen LogP contribution in [0, 0.1) is 18.3 Å². The fourth-order valence-corrected chi connectivity index (χ4v) is 6.05. The number of anilines is 1. The molecule has 0 aromatic carbocycles. The number of carbonyl (C=O) groups excluding carboxylic acids is 1. The summed E-state index contributed by atoms with van der Waals surface area (Å²) in [7, 11) is 0. The number of aromatic nitrogens is 1. The van der Waals surface area contributed by atoms with Gasteiger partial charge in [0.15, 0.2) is 5.76 Å². The van der Waals surface area contributed by atoms with E-state index in [0.29, 0.717) is 17.0 Å². The van der Waals surface area contributed by atoms with Gasteiger partial charge in [0.25, 0.3) is 5.91 Å². The van der Waals surface area contributed by atoms with E-state index in [1.54, 1.807) is 18.4 Å². The number of amides is 1. The zero-order chi connectivity index (χ0) is 25.4. The van der Waals surface area contributed by atoms with Crippen LogP contribution < -0.4 is 4.90 Å². The summed E-state index contributed by atoms with van der Waals surface area (Å²) in [5.41, 5.74) is 1.41. The van der Waals surface area contributed by atoms with Crippen molar-refractivity contribution in [1.82, 2.24) is 9.88 Å². The minimum atomic E-state index is -0.127. The summed E-state index contributed by atoms with van der Waals surface area (Å²) in [6.45, 7) is 5.15. The number of carbonyl (C=O) groups is 1. The molecule has 2 aliphatic rings. The number of pyridine rings is 1. The Morgan fingerprint density at radius 2 is 1.89 bits per heavy atom. The van der Waals surface area contributed by atoms with E-state index >= 15 is 0 Å². The van der Waals surface area contributed by atoms with E-state index < -0.39 is 0 Å². The molecule has 1 saturated carbocycles. The molecule has 0 atom stereocenters. The first-order chi connectivity index (χ1) is 17.5. The maximum atomic E-state index is 13.4. The second-order valence-corrected chi connectivity index (χ2v) is 11.0. The fourth-order valence-electron chi connectivity index (χ4n) is 6.05. The van der Waals surface area contributed by atoms with Crippen LogP contribution in [0.3, 0.4) is 0 Å². The molecule has 2 aromatic rings. The summed E-state index contributed by atoms with van der Waals surface area (Å²) in [6, 6.07) is 7.50. The van der Waals surface area contributed by atoms with Crippen molar-refractivity contribution < 1.29 is 19.4 Å². The Labute approximate surface area is 215 Å². The number of hydrogen-bond donors (Lipinski definition) is 2. The first kappa shape index (κ1) is 26.8. The number of piperidine rings is 1. The third kappa shape index (κ3) is 6.75. The molecule has 1 amide bonds. The lowest BCUT2D eigenvalue weighted by Gasteiger charge is -2.42. The van der Waals surface area contributed by atoms with Gasteiger partial charge in [0.1, 0.15) is 5.82 Å². The lowest BCUT2D eigenvalue weighted by molar-refractivity contribution is 0.0847. The Morgan fingerprint density at radius 3 is 2.50 bits per heavy atom. The van der Waals surface area contributed by atoms with Crippen LogP contribution in [-0.2, 0) is 0 Å². The summed E-state index contributed by atoms with van der Waals surface area (Å²) in [4.78, 5) is 22.3. The predicted octanol–water partition coefficient (Wildman–Crippen LogP) is 4.82. The highest BCUT2D eigenvalue weighted by atomic mass is 16.3. The summed E-state index contributed by atoms with van der Waals surface area (Å²) >= 11 is 0. The monoisotopic (exact) mass is 497 g/mol. The molecule has 0 bridgehead atoms. The summed E-state index contributed by atoms with van der Waals surface area (Å²) in [6.07, 6.45) is 14.8. The van der Waals surface area contributed by atoms with Crippen LogP contribution in [0.25, 0.3) is 0 Å². The molecule has 4 rings (SSSR count). The van der Waals surface area contributed by atoms with E-state index in [-0.39, 0.29) is 31.1 Å². The molecular weight excluding hydrogens is 454 g/mol. The lowest BCUT2D eigenvalue weighted by atomic mass is 9.68. The molecule has 198 valence electrons. The molecule has 0 radical (unpaired) electrons. The van der Waals surface area contributed by atoms with Crippen molar-refractivity contribution in [1.29, 1.82) is 0 Å². The van der Waals surface area contributed by atoms with Crippen molar-refractivity contribution in [3.8, 4) is 0 Å². The number of aliphatic hydroxyl groups is 2. The first-order valence-electron chi connectivity index (χ1n) is 13.8. The Kier molecular flexibility index (Phi) is 9.57. The Balaban J connectivity index is 1.37. The van der Waals surface area contributed by atoms with Crippen molar-refractivity contribution in [2.75, 3.05) is 37.7 Å². The molecule has 2 fully saturated rings. The van der Waals surface area contributed by atoms with Crippen LogP contribution in [0.4, 0.5) is 5.82 Å². The van der Waals surface area contributed by atoms with Gasteiger partial charge in [-0.2, -0.15) is 0 Å². The van der Waals surface area contributed by atoms with Gasteiger partial charge in [-0.3, -0.25) is 9.69 Å². The number of aliphatic hydroxyl groups excluding tert-OH is 2. The van der Waals surface area contributed by atoms with E-state index in [4.69, 9.17) is 4.42 Å². The Morgan fingerprint density at radius 1 is 1.14 bits per heavy atom. The zero-order valence-corrected chi connectivity index (χ0v) is 21.8. The fraction of sp³-hybridized carbons (Fsp3) is 0.655. The minimum absolute atomic E-state index is 0.00705. The molecule has 2 N–H and O–H groups in total. The van der Waals surface area contributed by atoms with Gasteiger partial charge in [0, 0.05) is 44.5 Å². The Bertz CT molecular complexity index is 913. The van der Waals surface area contributed by atoms with E-state index in [1.165, 1.54) is 38.5 Å². The smallest absolute Gasteiger partial charge is 0.295 e. The summed E-state index contributed by atoms with van der Waals surface area (Å²) in [5, 5.41) is 19.1. The average Bonchev–Trinajstić information content (AvgIpc) is 3.46. The van der Waals surface area contributed by atoms with Crippen LogP contribution in [0.1, 0.15) is 80.3 Å². The van der Waals surface area contributed by atoms with Crippen molar-refractivity contribution in [2.24, 2.45) is 11.3 Å².